The van der Waals surface area contributed by atoms with Crippen molar-refractivity contribution in [3.8, 4) is 5.75 Å². The van der Waals surface area contributed by atoms with E-state index in [0.29, 0.717) is 64.2 Å². The van der Waals surface area contributed by atoms with Crippen LogP contribution in [-0.4, -0.2) is 306 Å². The summed E-state index contributed by atoms with van der Waals surface area (Å²) in [7, 11) is 3.95. The van der Waals surface area contributed by atoms with E-state index in [4.69, 9.17) is 22.9 Å². The van der Waals surface area contributed by atoms with Crippen LogP contribution in [0.4, 0.5) is 0 Å². The molecule has 41 nitrogen and oxygen atoms in total. The second kappa shape index (κ2) is 48.9. The Morgan fingerprint density at radius 2 is 1.09 bits per heavy atom. The number of hydrogen-bond donors (Lipinski definition) is 19. The number of unbranched alkanes of at least 4 members (excludes halogenated alkanes) is 2. The standard InChI is InChI=1S/C88H127N21O20S/c1-10-12-25-67-80(121)97-59(24-18-32-93-46-89)77(118)103-66(75(92)116)44-130-45-73(115)96-62(35-50-28-30-52(111)31-29-50)84(125)105(7)49(6)76(117)99-64(39-72(91)114)86(127)108-33-19-27-68(108)81(122)98-60(38-71(90)113)78(119)100-61(34-47(3)4)87(128)109-42-53(112)37-70(109)82(123)104-74(48(5)56-41-95-58-23-17-15-21-55(56)58)83(124)102-65(43-110)79(120)101-63(36-51-40-94-57-22-16-14-20-54(51)57)85(126)107(9)69(26-13-11-2)88(129)106(67)8/h14-17,20-23,28-31,40-41,47-49,53,59-70,74,93-95,110-112H,10-13,18-19,24-27,32-39,42-46,89H2,1-9H3,(H2,90,113)(H2,91,114)(H2,92,116)(H,96,115)(H,97,121)(H,98,122)(H,99,117)(H,100,119)(H,101,120)(H,102,124)(H,103,118)(H,104,123)/t48-,49-,53+,59-,60-,61-,62-,63-,64-,65-,66-,67-,68-,69-,70-,74-/m0/s1. The summed E-state index contributed by atoms with van der Waals surface area (Å²) < 4.78 is 0. The van der Waals surface area contributed by atoms with Crippen LogP contribution in [0.1, 0.15) is 154 Å². The van der Waals surface area contributed by atoms with Crippen molar-refractivity contribution in [2.24, 2.45) is 28.9 Å². The van der Waals surface area contributed by atoms with Crippen LogP contribution in [0.5, 0.6) is 5.75 Å². The number of thioether (sulfide) groups is 1. The van der Waals surface area contributed by atoms with Gasteiger partial charge >= 0.3 is 0 Å². The molecule has 3 saturated heterocycles. The molecule has 42 heteroatoms. The number of aliphatic hydroxyl groups excluding tert-OH is 2. The van der Waals surface area contributed by atoms with Crippen LogP contribution in [0.25, 0.3) is 21.8 Å². The van der Waals surface area contributed by atoms with Gasteiger partial charge in [0, 0.05) is 106 Å². The Morgan fingerprint density at radius 3 is 1.73 bits per heavy atom. The van der Waals surface area contributed by atoms with Gasteiger partial charge in [-0.1, -0.05) is 109 Å². The number of nitrogens with two attached hydrogens (primary N) is 4. The summed E-state index contributed by atoms with van der Waals surface area (Å²) in [6.07, 6.45) is 1.04. The number of phenols is 1. The summed E-state index contributed by atoms with van der Waals surface area (Å²) in [5, 5.41) is 60.8. The van der Waals surface area contributed by atoms with Crippen LogP contribution in [-0.2, 0) is 94.3 Å². The molecule has 5 aromatic rings. The smallest absolute Gasteiger partial charge is 0.246 e. The number of carbonyl (C=O) groups is 17. The Kier molecular flexibility index (Phi) is 38.8. The number of nitrogens with one attached hydrogen (secondary N) is 12. The molecule has 8 rings (SSSR count). The maximum Gasteiger partial charge on any atom is 0.246 e. The molecule has 710 valence electrons. The van der Waals surface area contributed by atoms with E-state index in [1.807, 2.05) is 13.8 Å². The predicted molar refractivity (Wildman–Crippen MR) is 480 cm³/mol. The lowest BCUT2D eigenvalue weighted by Gasteiger charge is -2.36. The minimum absolute atomic E-state index is 0.0182. The van der Waals surface area contributed by atoms with E-state index in [2.05, 4.69) is 63.1 Å². The molecule has 0 bridgehead atoms. The number of primary amides is 3. The fourth-order valence-electron chi connectivity index (χ4n) is 16.4. The molecule has 23 N–H and O–H groups in total. The number of rotatable bonds is 25. The largest absolute Gasteiger partial charge is 0.508 e. The summed E-state index contributed by atoms with van der Waals surface area (Å²) in [4.78, 5) is 260. The summed E-state index contributed by atoms with van der Waals surface area (Å²) in [6, 6.07) is -2.35. The maximum absolute atomic E-state index is 15.7. The molecule has 130 heavy (non-hydrogen) atoms. The Hall–Kier alpha value is -12.3. The molecule has 3 fully saturated rings. The van der Waals surface area contributed by atoms with Crippen molar-refractivity contribution in [1.82, 2.24) is 87.6 Å². The third kappa shape index (κ3) is 27.9. The first-order chi connectivity index (χ1) is 61.8. The van der Waals surface area contributed by atoms with Gasteiger partial charge in [0.25, 0.3) is 0 Å². The molecule has 0 aliphatic carbocycles. The summed E-state index contributed by atoms with van der Waals surface area (Å²) in [6.45, 7) is 8.50. The Balaban J connectivity index is 1.19. The van der Waals surface area contributed by atoms with Crippen molar-refractivity contribution in [3.05, 3.63) is 102 Å². The van der Waals surface area contributed by atoms with Crippen LogP contribution < -0.4 is 76.1 Å². The number of aromatic nitrogens is 2. The third-order valence-electron chi connectivity index (χ3n) is 23.8. The molecule has 0 unspecified atom stereocenters. The second-order valence-corrected chi connectivity index (χ2v) is 34.9. The van der Waals surface area contributed by atoms with Crippen LogP contribution in [0, 0.1) is 5.92 Å². The molecule has 3 aliphatic rings. The number of nitrogens with zero attached hydrogens (tertiary/aromatic N) is 5. The lowest BCUT2D eigenvalue weighted by Crippen LogP contribution is -2.62. The van der Waals surface area contributed by atoms with Gasteiger partial charge in [0.15, 0.2) is 0 Å². The fourth-order valence-corrected chi connectivity index (χ4v) is 17.3. The van der Waals surface area contributed by atoms with Gasteiger partial charge in [-0.25, -0.2) is 0 Å². The van der Waals surface area contributed by atoms with E-state index in [9.17, 15) is 63.3 Å². The number of carbonyl (C=O) groups excluding carboxylic acids is 17. The van der Waals surface area contributed by atoms with Gasteiger partial charge in [0.05, 0.1) is 31.3 Å². The number of aromatic amines is 2. The van der Waals surface area contributed by atoms with Crippen molar-refractivity contribution >= 4 is 134 Å². The zero-order valence-corrected chi connectivity index (χ0v) is 75.7. The molecule has 3 aromatic carbocycles. The predicted octanol–water partition coefficient (Wildman–Crippen LogP) is -2.55. The highest BCUT2D eigenvalue weighted by molar-refractivity contribution is 8.00. The van der Waals surface area contributed by atoms with Crippen molar-refractivity contribution in [1.29, 1.82) is 0 Å². The summed E-state index contributed by atoms with van der Waals surface area (Å²) >= 11 is 0.812. The van der Waals surface area contributed by atoms with Gasteiger partial charge in [-0.2, -0.15) is 0 Å². The van der Waals surface area contributed by atoms with E-state index >= 15 is 33.6 Å². The van der Waals surface area contributed by atoms with Crippen LogP contribution in [0.3, 0.4) is 0 Å². The Labute approximate surface area is 757 Å². The van der Waals surface area contributed by atoms with Crippen LogP contribution >= 0.6 is 11.8 Å². The SMILES string of the molecule is CCCC[C@H]1C(=O)N(C)[C@@H](CCCC)C(=O)N[C@@H](CCCNCN)C(=O)N[C@H](C(N)=O)CSCC(=O)N[C@@H](Cc2ccc(O)cc2)C(=O)N(C)[C@@H](C)C(=O)N[C@@H](CC(N)=O)C(=O)N2CCC[C@H]2C(=O)N[C@@H](CC(N)=O)C(=O)N[C@@H](CC(C)C)C(=O)N2C[C@H](O)C[C@H]2C(=O)N[C@@H]([C@@H](C)c2c[nH]c3ccccc23)C(=O)N[C@@H](CO)C(=O)N[C@@H](Cc2c[nH]c3ccccc23)C(=O)N1C. The second-order valence-electron chi connectivity index (χ2n) is 33.9. The number of amides is 17. The highest BCUT2D eigenvalue weighted by Crippen LogP contribution is 2.31. The van der Waals surface area contributed by atoms with Crippen LogP contribution in [0.15, 0.2) is 85.2 Å². The first kappa shape index (κ1) is 103. The number of phenolic OH excluding ortho intramolecular Hbond substituents is 1. The number of fused-ring (bicyclic) bond motifs is 4. The van der Waals surface area contributed by atoms with Gasteiger partial charge in [0.2, 0.25) is 100 Å². The molecule has 0 radical (unpaired) electrons. The van der Waals surface area contributed by atoms with E-state index in [-0.39, 0.29) is 89.0 Å². The van der Waals surface area contributed by atoms with Gasteiger partial charge < -0.3 is 126 Å². The molecule has 0 saturated carbocycles. The minimum Gasteiger partial charge on any atom is -0.508 e. The first-order valence-corrected chi connectivity index (χ1v) is 45.1. The van der Waals surface area contributed by atoms with E-state index in [1.165, 1.54) is 57.2 Å². The molecule has 2 aromatic heterocycles. The first-order valence-electron chi connectivity index (χ1n) is 44.0. The molecule has 17 amide bonds. The molecular weight excluding hydrogens is 1700 g/mol. The molecule has 3 aliphatic heterocycles. The number of hydrogen-bond acceptors (Lipinski definition) is 23. The lowest BCUT2D eigenvalue weighted by atomic mass is 9.91. The number of para-hydroxylation sites is 2. The Bertz CT molecular complexity index is 4860. The van der Waals surface area contributed by atoms with E-state index < -0.39 is 241 Å². The quantitative estimate of drug-likeness (QED) is 0.0211. The number of aromatic hydroxyl groups is 1. The van der Waals surface area contributed by atoms with Crippen molar-refractivity contribution < 1.29 is 96.8 Å². The molecular formula is C88H127N21O20S. The topological polar surface area (TPSA) is 623 Å². The fraction of sp³-hybridized carbons (Fsp3) is 0.557. The molecule has 5 heterocycles. The van der Waals surface area contributed by atoms with Gasteiger partial charge in [-0.15, -0.1) is 11.8 Å². The highest BCUT2D eigenvalue weighted by Gasteiger charge is 2.47. The zero-order valence-electron chi connectivity index (χ0n) is 74.9. The van der Waals surface area contributed by atoms with Gasteiger partial charge in [-0.05, 0) is 105 Å². The number of aliphatic hydroxyl groups is 2. The highest BCUT2D eigenvalue weighted by atomic mass is 32.2. The zero-order chi connectivity index (χ0) is 95.5. The average molecular weight is 1830 g/mol. The lowest BCUT2D eigenvalue weighted by molar-refractivity contribution is -0.149. The molecule has 16 atom stereocenters. The van der Waals surface area contributed by atoms with E-state index in [1.54, 1.807) is 81.7 Å². The monoisotopic (exact) mass is 1830 g/mol. The van der Waals surface area contributed by atoms with Gasteiger partial charge in [0.1, 0.15) is 90.3 Å². The third-order valence-corrected chi connectivity index (χ3v) is 24.8. The van der Waals surface area contributed by atoms with Crippen molar-refractivity contribution in [3.63, 3.8) is 0 Å². The Morgan fingerprint density at radius 1 is 0.546 bits per heavy atom. The normalized spacial score (nSPS) is 25.6. The number of likely N-dealkylation sites (N-methyl/N-ethyl adjacent to an activating group) is 3. The number of H-pyrrole nitrogens is 2. The summed E-state index contributed by atoms with van der Waals surface area (Å²) in [5.41, 5.74) is 25.7. The average Bonchev–Trinajstić information content (AvgIpc) is 1.62. The van der Waals surface area contributed by atoms with Crippen LogP contribution in [0.2, 0.25) is 0 Å². The minimum atomic E-state index is -1.90. The number of benzene rings is 3. The van der Waals surface area contributed by atoms with Crippen molar-refractivity contribution in [2.75, 3.05) is 65.6 Å². The van der Waals surface area contributed by atoms with Crippen molar-refractivity contribution in [2.45, 2.75) is 241 Å². The van der Waals surface area contributed by atoms with E-state index in [0.717, 1.165) is 31.4 Å². The molecule has 0 spiro atoms. The maximum atomic E-state index is 15.7. The van der Waals surface area contributed by atoms with Gasteiger partial charge in [-0.3, -0.25) is 81.5 Å². The summed E-state index contributed by atoms with van der Waals surface area (Å²) in [5.74, 6) is -19.0.